The number of hydrogen-bond acceptors (Lipinski definition) is 6. The molecule has 9 nitrogen and oxygen atoms in total. The van der Waals surface area contributed by atoms with Crippen LogP contribution in [0.4, 0.5) is 17.1 Å². The van der Waals surface area contributed by atoms with E-state index in [1.165, 1.54) is 30.0 Å². The summed E-state index contributed by atoms with van der Waals surface area (Å²) in [5, 5.41) is 19.1. The smallest absolute Gasteiger partial charge is 0.272 e. The third-order valence-electron chi connectivity index (χ3n) is 7.81. The fourth-order valence-corrected chi connectivity index (χ4v) is 6.15. The van der Waals surface area contributed by atoms with Crippen LogP contribution < -0.4 is 16.0 Å². The van der Waals surface area contributed by atoms with Gasteiger partial charge in [0.1, 0.15) is 10.9 Å². The van der Waals surface area contributed by atoms with Crippen LogP contribution in [0.3, 0.4) is 0 Å². The van der Waals surface area contributed by atoms with Gasteiger partial charge in [0, 0.05) is 34.0 Å². The average molecular weight is 685 g/mol. The summed E-state index contributed by atoms with van der Waals surface area (Å²) in [7, 11) is 0. The van der Waals surface area contributed by atoms with Gasteiger partial charge in [-0.15, -0.1) is 11.8 Å². The highest BCUT2D eigenvalue weighted by Gasteiger charge is 2.24. The second-order valence-corrected chi connectivity index (χ2v) is 13.0. The fraction of sp³-hybridized carbons (Fsp3) is 0.125. The van der Waals surface area contributed by atoms with Crippen molar-refractivity contribution in [1.82, 2.24) is 5.32 Å². The molecule has 5 rings (SSSR count). The van der Waals surface area contributed by atoms with Gasteiger partial charge < -0.3 is 16.0 Å². The first-order valence-electron chi connectivity index (χ1n) is 15.9. The normalized spacial score (nSPS) is 11.8. The van der Waals surface area contributed by atoms with E-state index in [0.29, 0.717) is 33.3 Å². The van der Waals surface area contributed by atoms with Crippen LogP contribution in [0.25, 0.3) is 6.08 Å². The highest BCUT2D eigenvalue weighted by molar-refractivity contribution is 8.00. The van der Waals surface area contributed by atoms with E-state index in [1.54, 1.807) is 55.5 Å². The maximum Gasteiger partial charge on any atom is 0.272 e. The minimum Gasteiger partial charge on any atom is -0.325 e. The molecule has 1 atom stereocenters. The van der Waals surface area contributed by atoms with Crippen LogP contribution in [0.1, 0.15) is 57.6 Å². The summed E-state index contributed by atoms with van der Waals surface area (Å²) in [5.74, 6) is -0.909. The molecule has 0 aliphatic heterocycles. The maximum absolute atomic E-state index is 13.7. The standard InChI is InChI=1S/C40H36N4O5S/c1-26(2)29-19-17-28(18-20-29)24-36(43-38(45)31-13-8-5-9-14-31)39(46)41-32-15-10-16-34(25-32)50-37(30-11-6-4-7-12-30)40(47)42-35-22-21-33(44(48)49)23-27(35)3/h4-26,37H,1-3H3,(H,41,46)(H,42,47)(H,43,45)/b36-24+. The highest BCUT2D eigenvalue weighted by Crippen LogP contribution is 2.37. The molecule has 5 aromatic rings. The Balaban J connectivity index is 1.38. The van der Waals surface area contributed by atoms with Gasteiger partial charge in [-0.05, 0) is 77.6 Å². The van der Waals surface area contributed by atoms with Gasteiger partial charge in [0.2, 0.25) is 5.91 Å². The molecule has 0 spiro atoms. The molecule has 0 aromatic heterocycles. The molecular formula is C40H36N4O5S. The van der Waals surface area contributed by atoms with Crippen molar-refractivity contribution in [3.8, 4) is 0 Å². The van der Waals surface area contributed by atoms with Crippen molar-refractivity contribution in [2.75, 3.05) is 10.6 Å². The molecule has 3 amide bonds. The first-order valence-corrected chi connectivity index (χ1v) is 16.8. The molecule has 5 aromatic carbocycles. The van der Waals surface area contributed by atoms with Gasteiger partial charge >= 0.3 is 0 Å². The number of benzene rings is 5. The topological polar surface area (TPSA) is 130 Å². The Morgan fingerprint density at radius 1 is 0.760 bits per heavy atom. The second kappa shape index (κ2) is 16.4. The van der Waals surface area contributed by atoms with Crippen molar-refractivity contribution in [2.45, 2.75) is 36.8 Å². The zero-order chi connectivity index (χ0) is 35.6. The number of hydrogen-bond donors (Lipinski definition) is 3. The van der Waals surface area contributed by atoms with E-state index < -0.39 is 22.0 Å². The van der Waals surface area contributed by atoms with Crippen molar-refractivity contribution < 1.29 is 19.3 Å². The minimum atomic E-state index is -0.689. The molecule has 0 fully saturated rings. The number of non-ortho nitro benzene ring substituents is 1. The van der Waals surface area contributed by atoms with Crippen LogP contribution in [-0.2, 0) is 9.59 Å². The van der Waals surface area contributed by atoms with E-state index >= 15 is 0 Å². The molecule has 0 aliphatic rings. The molecule has 0 heterocycles. The van der Waals surface area contributed by atoms with Crippen LogP contribution in [0.2, 0.25) is 0 Å². The molecule has 3 N–H and O–H groups in total. The summed E-state index contributed by atoms with van der Waals surface area (Å²) in [5.41, 5.74) is 4.57. The molecule has 0 saturated carbocycles. The molecule has 1 unspecified atom stereocenters. The Hall–Kier alpha value is -6.00. The van der Waals surface area contributed by atoms with E-state index in [-0.39, 0.29) is 17.3 Å². The molecule has 0 bridgehead atoms. The molecular weight excluding hydrogens is 649 g/mol. The van der Waals surface area contributed by atoms with Gasteiger partial charge in [-0.25, -0.2) is 0 Å². The van der Waals surface area contributed by atoms with Crippen molar-refractivity contribution in [1.29, 1.82) is 0 Å². The Bertz CT molecular complexity index is 2030. The van der Waals surface area contributed by atoms with Gasteiger partial charge in [-0.1, -0.05) is 92.7 Å². The minimum absolute atomic E-state index is 0.0602. The van der Waals surface area contributed by atoms with Crippen molar-refractivity contribution in [2.24, 2.45) is 0 Å². The van der Waals surface area contributed by atoms with E-state index in [0.717, 1.165) is 16.7 Å². The number of aryl methyl sites for hydroxylation is 1. The summed E-state index contributed by atoms with van der Waals surface area (Å²) >= 11 is 1.29. The van der Waals surface area contributed by atoms with Crippen LogP contribution in [0.15, 0.2) is 138 Å². The second-order valence-electron chi connectivity index (χ2n) is 11.8. The first-order chi connectivity index (χ1) is 24.1. The van der Waals surface area contributed by atoms with Gasteiger partial charge in [-0.3, -0.25) is 24.5 Å². The van der Waals surface area contributed by atoms with Crippen LogP contribution >= 0.6 is 11.8 Å². The van der Waals surface area contributed by atoms with Gasteiger partial charge in [0.05, 0.1) is 4.92 Å². The number of anilines is 2. The maximum atomic E-state index is 13.7. The average Bonchev–Trinajstić information content (AvgIpc) is 3.12. The van der Waals surface area contributed by atoms with E-state index in [2.05, 4.69) is 29.8 Å². The third kappa shape index (κ3) is 9.33. The number of nitrogens with zero attached hydrogens (tertiary/aromatic N) is 1. The zero-order valence-electron chi connectivity index (χ0n) is 27.8. The summed E-state index contributed by atoms with van der Waals surface area (Å²) in [6, 6.07) is 37.1. The monoisotopic (exact) mass is 684 g/mol. The van der Waals surface area contributed by atoms with Crippen LogP contribution in [0.5, 0.6) is 0 Å². The molecule has 0 radical (unpaired) electrons. The lowest BCUT2D eigenvalue weighted by Gasteiger charge is -2.18. The molecule has 50 heavy (non-hydrogen) atoms. The Kier molecular flexibility index (Phi) is 11.6. The quantitative estimate of drug-likeness (QED) is 0.0521. The largest absolute Gasteiger partial charge is 0.325 e. The van der Waals surface area contributed by atoms with Gasteiger partial charge in [0.15, 0.2) is 0 Å². The third-order valence-corrected chi connectivity index (χ3v) is 9.06. The number of rotatable bonds is 12. The van der Waals surface area contributed by atoms with Gasteiger partial charge in [-0.2, -0.15) is 0 Å². The predicted molar refractivity (Wildman–Crippen MR) is 199 cm³/mol. The first kappa shape index (κ1) is 35.3. The molecule has 10 heteroatoms. The lowest BCUT2D eigenvalue weighted by molar-refractivity contribution is -0.384. The Morgan fingerprint density at radius 3 is 2.08 bits per heavy atom. The zero-order valence-corrected chi connectivity index (χ0v) is 28.6. The number of carbonyl (C=O) groups is 3. The number of nitro groups is 1. The van der Waals surface area contributed by atoms with Crippen molar-refractivity contribution in [3.63, 3.8) is 0 Å². The van der Waals surface area contributed by atoms with E-state index in [4.69, 9.17) is 0 Å². The number of nitrogens with one attached hydrogen (secondary N) is 3. The molecule has 252 valence electrons. The highest BCUT2D eigenvalue weighted by atomic mass is 32.2. The van der Waals surface area contributed by atoms with Crippen LogP contribution in [-0.4, -0.2) is 22.6 Å². The van der Waals surface area contributed by atoms with Crippen LogP contribution in [0, 0.1) is 17.0 Å². The summed E-state index contributed by atoms with van der Waals surface area (Å²) in [4.78, 5) is 52.0. The predicted octanol–water partition coefficient (Wildman–Crippen LogP) is 8.91. The van der Waals surface area contributed by atoms with Gasteiger partial charge in [0.25, 0.3) is 17.5 Å². The SMILES string of the molecule is Cc1cc([N+](=O)[O-])ccc1NC(=O)C(Sc1cccc(NC(=O)/C(=C\c2ccc(C(C)C)cc2)NC(=O)c2ccccc2)c1)c1ccccc1. The Morgan fingerprint density at radius 2 is 1.44 bits per heavy atom. The van der Waals surface area contributed by atoms with Crippen molar-refractivity contribution in [3.05, 3.63) is 171 Å². The lowest BCUT2D eigenvalue weighted by Crippen LogP contribution is -2.30. The van der Waals surface area contributed by atoms with Crippen molar-refractivity contribution >= 4 is 52.6 Å². The molecule has 0 aliphatic carbocycles. The van der Waals surface area contributed by atoms with E-state index in [1.807, 2.05) is 66.7 Å². The summed E-state index contributed by atoms with van der Waals surface area (Å²) in [6.07, 6.45) is 1.63. The lowest BCUT2D eigenvalue weighted by atomic mass is 10.0. The number of nitro benzene ring substituents is 1. The molecule has 0 saturated heterocycles. The summed E-state index contributed by atoms with van der Waals surface area (Å²) < 4.78 is 0. The number of amides is 3. The van der Waals surface area contributed by atoms with E-state index in [9.17, 15) is 24.5 Å². The summed E-state index contributed by atoms with van der Waals surface area (Å²) in [6.45, 7) is 5.90. The fourth-order valence-electron chi connectivity index (χ4n) is 5.07. The number of carbonyl (C=O) groups excluding carboxylic acids is 3. The number of thioether (sulfide) groups is 1. The Labute approximate surface area is 295 Å².